The highest BCUT2D eigenvalue weighted by molar-refractivity contribution is 6.31. The summed E-state index contributed by atoms with van der Waals surface area (Å²) in [6.45, 7) is 6.12. The Balaban J connectivity index is 1.41. The fourth-order valence-corrected chi connectivity index (χ4v) is 3.13. The van der Waals surface area contributed by atoms with Crippen molar-refractivity contribution in [3.8, 4) is 0 Å². The van der Waals surface area contributed by atoms with Crippen molar-refractivity contribution in [1.29, 1.82) is 0 Å². The van der Waals surface area contributed by atoms with Crippen LogP contribution in [0.2, 0.25) is 5.02 Å². The molecule has 124 valence electrons. The van der Waals surface area contributed by atoms with Crippen LogP contribution in [0.15, 0.2) is 30.5 Å². The monoisotopic (exact) mass is 333 g/mol. The zero-order valence-electron chi connectivity index (χ0n) is 13.4. The molecule has 0 unspecified atom stereocenters. The van der Waals surface area contributed by atoms with E-state index in [4.69, 9.17) is 16.3 Å². The van der Waals surface area contributed by atoms with Crippen molar-refractivity contribution in [2.45, 2.75) is 19.3 Å². The molecule has 1 saturated heterocycles. The standard InChI is InChI=1S/C18H24ClN3O/c19-15-4-5-17-16(14-15)18(6-8-21-17)20-7-2-1-3-9-22-10-12-23-13-11-22/h4-6,8,14H,1-3,7,9-13H2,(H,20,21). The molecule has 0 aliphatic carbocycles. The Morgan fingerprint density at radius 1 is 1.13 bits per heavy atom. The van der Waals surface area contributed by atoms with E-state index in [-0.39, 0.29) is 0 Å². The van der Waals surface area contributed by atoms with E-state index in [9.17, 15) is 0 Å². The fraction of sp³-hybridized carbons (Fsp3) is 0.500. The number of anilines is 1. The molecule has 1 aromatic heterocycles. The lowest BCUT2D eigenvalue weighted by Crippen LogP contribution is -2.36. The van der Waals surface area contributed by atoms with E-state index in [0.717, 1.165) is 54.5 Å². The summed E-state index contributed by atoms with van der Waals surface area (Å²) >= 11 is 6.10. The maximum Gasteiger partial charge on any atom is 0.0723 e. The van der Waals surface area contributed by atoms with Gasteiger partial charge >= 0.3 is 0 Å². The number of benzene rings is 1. The number of hydrogen-bond donors (Lipinski definition) is 1. The van der Waals surface area contributed by atoms with Crippen LogP contribution in [0.3, 0.4) is 0 Å². The lowest BCUT2D eigenvalue weighted by Gasteiger charge is -2.26. The number of unbranched alkanes of at least 4 members (excludes halogenated alkanes) is 2. The van der Waals surface area contributed by atoms with E-state index >= 15 is 0 Å². The van der Waals surface area contributed by atoms with Gasteiger partial charge in [-0.25, -0.2) is 0 Å². The summed E-state index contributed by atoms with van der Waals surface area (Å²) in [7, 11) is 0. The molecular weight excluding hydrogens is 310 g/mol. The Kier molecular flexibility index (Phi) is 6.08. The maximum atomic E-state index is 6.10. The Labute approximate surface area is 142 Å². The highest BCUT2D eigenvalue weighted by atomic mass is 35.5. The quantitative estimate of drug-likeness (QED) is 0.782. The number of fused-ring (bicyclic) bond motifs is 1. The Morgan fingerprint density at radius 2 is 2.00 bits per heavy atom. The minimum absolute atomic E-state index is 0.749. The Bertz CT molecular complexity index is 629. The van der Waals surface area contributed by atoms with Gasteiger partial charge in [0.15, 0.2) is 0 Å². The predicted octanol–water partition coefficient (Wildman–Crippen LogP) is 3.80. The normalized spacial score (nSPS) is 15.9. The van der Waals surface area contributed by atoms with Gasteiger partial charge in [-0.3, -0.25) is 9.88 Å². The number of hydrogen-bond acceptors (Lipinski definition) is 4. The first kappa shape index (κ1) is 16.5. The van der Waals surface area contributed by atoms with Gasteiger partial charge in [0, 0.05) is 41.9 Å². The second-order valence-electron chi connectivity index (χ2n) is 5.96. The summed E-state index contributed by atoms with van der Waals surface area (Å²) in [4.78, 5) is 6.87. The molecular formula is C18H24ClN3O. The number of nitrogens with zero attached hydrogens (tertiary/aromatic N) is 2. The topological polar surface area (TPSA) is 37.4 Å². The highest BCUT2D eigenvalue weighted by Gasteiger charge is 2.09. The molecule has 1 N–H and O–H groups in total. The van der Waals surface area contributed by atoms with Crippen LogP contribution in [0.1, 0.15) is 19.3 Å². The SMILES string of the molecule is Clc1ccc2nccc(NCCCCCN3CCOCC3)c2c1. The maximum absolute atomic E-state index is 6.10. The predicted molar refractivity (Wildman–Crippen MR) is 96.4 cm³/mol. The minimum Gasteiger partial charge on any atom is -0.384 e. The van der Waals surface area contributed by atoms with E-state index in [2.05, 4.69) is 15.2 Å². The van der Waals surface area contributed by atoms with Crippen LogP contribution in [0.25, 0.3) is 10.9 Å². The Morgan fingerprint density at radius 3 is 2.87 bits per heavy atom. The minimum atomic E-state index is 0.749. The summed E-state index contributed by atoms with van der Waals surface area (Å²) in [5, 5.41) is 5.36. The summed E-state index contributed by atoms with van der Waals surface area (Å²) < 4.78 is 5.37. The third-order valence-corrected chi connectivity index (χ3v) is 4.51. The zero-order chi connectivity index (χ0) is 15.9. The van der Waals surface area contributed by atoms with Gasteiger partial charge in [0.2, 0.25) is 0 Å². The average Bonchev–Trinajstić information content (AvgIpc) is 2.59. The van der Waals surface area contributed by atoms with Crippen molar-refractivity contribution in [2.75, 3.05) is 44.7 Å². The van der Waals surface area contributed by atoms with Crippen LogP contribution in [-0.4, -0.2) is 49.3 Å². The molecule has 5 heteroatoms. The first-order chi connectivity index (χ1) is 11.3. The number of rotatable bonds is 7. The van der Waals surface area contributed by atoms with Gasteiger partial charge in [0.25, 0.3) is 0 Å². The third-order valence-electron chi connectivity index (χ3n) is 4.27. The molecule has 4 nitrogen and oxygen atoms in total. The van der Waals surface area contributed by atoms with Gasteiger partial charge in [-0.2, -0.15) is 0 Å². The Hall–Kier alpha value is -1.36. The van der Waals surface area contributed by atoms with Gasteiger partial charge in [-0.1, -0.05) is 18.0 Å². The highest BCUT2D eigenvalue weighted by Crippen LogP contribution is 2.24. The molecule has 0 radical (unpaired) electrons. The third kappa shape index (κ3) is 4.80. The first-order valence-electron chi connectivity index (χ1n) is 8.41. The van der Waals surface area contributed by atoms with Gasteiger partial charge < -0.3 is 10.1 Å². The molecule has 23 heavy (non-hydrogen) atoms. The average molecular weight is 334 g/mol. The van der Waals surface area contributed by atoms with Gasteiger partial charge in [-0.05, 0) is 43.7 Å². The lowest BCUT2D eigenvalue weighted by molar-refractivity contribution is 0.0372. The van der Waals surface area contributed by atoms with Crippen molar-refractivity contribution in [3.05, 3.63) is 35.5 Å². The molecule has 2 heterocycles. The second-order valence-corrected chi connectivity index (χ2v) is 6.40. The number of nitrogens with one attached hydrogen (secondary N) is 1. The molecule has 0 spiro atoms. The summed E-state index contributed by atoms with van der Waals surface area (Å²) in [5.74, 6) is 0. The van der Waals surface area contributed by atoms with E-state index in [0.29, 0.717) is 0 Å². The van der Waals surface area contributed by atoms with Gasteiger partial charge in [0.05, 0.1) is 18.7 Å². The van der Waals surface area contributed by atoms with Crippen molar-refractivity contribution in [2.24, 2.45) is 0 Å². The summed E-state index contributed by atoms with van der Waals surface area (Å²) in [6.07, 6.45) is 5.52. The first-order valence-corrected chi connectivity index (χ1v) is 8.79. The number of halogens is 1. The van der Waals surface area contributed by atoms with Crippen LogP contribution >= 0.6 is 11.6 Å². The largest absolute Gasteiger partial charge is 0.384 e. The molecule has 0 amide bonds. The van der Waals surface area contributed by atoms with Crippen molar-refractivity contribution in [1.82, 2.24) is 9.88 Å². The molecule has 3 rings (SSSR count). The summed E-state index contributed by atoms with van der Waals surface area (Å²) in [6, 6.07) is 7.84. The molecule has 0 saturated carbocycles. The van der Waals surface area contributed by atoms with E-state index in [1.165, 1.54) is 25.8 Å². The van der Waals surface area contributed by atoms with Crippen LogP contribution in [-0.2, 0) is 4.74 Å². The molecule has 0 atom stereocenters. The van der Waals surface area contributed by atoms with Crippen LogP contribution in [0.5, 0.6) is 0 Å². The second kappa shape index (κ2) is 8.48. The molecule has 1 aliphatic rings. The smallest absolute Gasteiger partial charge is 0.0723 e. The number of aromatic nitrogens is 1. The molecule has 1 aromatic carbocycles. The van der Waals surface area contributed by atoms with Gasteiger partial charge in [0.1, 0.15) is 0 Å². The lowest BCUT2D eigenvalue weighted by atomic mass is 10.1. The van der Waals surface area contributed by atoms with Crippen LogP contribution in [0, 0.1) is 0 Å². The fourth-order valence-electron chi connectivity index (χ4n) is 2.96. The summed E-state index contributed by atoms with van der Waals surface area (Å²) in [5.41, 5.74) is 2.09. The molecule has 1 aliphatic heterocycles. The molecule has 2 aromatic rings. The van der Waals surface area contributed by atoms with Crippen molar-refractivity contribution < 1.29 is 4.74 Å². The van der Waals surface area contributed by atoms with E-state index < -0.39 is 0 Å². The van der Waals surface area contributed by atoms with E-state index in [1.54, 1.807) is 0 Å². The molecule has 1 fully saturated rings. The number of morpholine rings is 1. The van der Waals surface area contributed by atoms with Crippen molar-refractivity contribution >= 4 is 28.2 Å². The van der Waals surface area contributed by atoms with Crippen LogP contribution in [0.4, 0.5) is 5.69 Å². The molecule has 0 bridgehead atoms. The van der Waals surface area contributed by atoms with Gasteiger partial charge in [-0.15, -0.1) is 0 Å². The van der Waals surface area contributed by atoms with Crippen LogP contribution < -0.4 is 5.32 Å². The number of pyridine rings is 1. The van der Waals surface area contributed by atoms with Crippen molar-refractivity contribution in [3.63, 3.8) is 0 Å². The number of ether oxygens (including phenoxy) is 1. The zero-order valence-corrected chi connectivity index (χ0v) is 14.2. The van der Waals surface area contributed by atoms with E-state index in [1.807, 2.05) is 30.5 Å².